The Morgan fingerprint density at radius 2 is 1.37 bits per heavy atom. The van der Waals surface area contributed by atoms with Gasteiger partial charge < -0.3 is 5.11 Å². The molecule has 19 heavy (non-hydrogen) atoms. The van der Waals surface area contributed by atoms with Gasteiger partial charge >= 0.3 is 5.97 Å². The maximum atomic E-state index is 11.6. The molecule has 1 aliphatic rings. The van der Waals surface area contributed by atoms with Crippen LogP contribution in [0.25, 0.3) is 0 Å². The van der Waals surface area contributed by atoms with E-state index >= 15 is 0 Å². The van der Waals surface area contributed by atoms with Gasteiger partial charge in [0.15, 0.2) is 0 Å². The Kier molecular flexibility index (Phi) is 2.75. The lowest BCUT2D eigenvalue weighted by atomic mass is 9.85. The first-order valence-electron chi connectivity index (χ1n) is 6.15. The smallest absolute Gasteiger partial charge is 0.321 e. The summed E-state index contributed by atoms with van der Waals surface area (Å²) in [6.45, 7) is 0. The van der Waals surface area contributed by atoms with E-state index < -0.39 is 15.7 Å². The van der Waals surface area contributed by atoms with E-state index in [-0.39, 0.29) is 0 Å². The van der Waals surface area contributed by atoms with Gasteiger partial charge in [-0.3, -0.25) is 4.79 Å². The van der Waals surface area contributed by atoms with Crippen molar-refractivity contribution in [3.05, 3.63) is 71.8 Å². The summed E-state index contributed by atoms with van der Waals surface area (Å²) < 4.78 is -0.900. The van der Waals surface area contributed by atoms with Crippen molar-refractivity contribution in [2.75, 3.05) is 0 Å². The van der Waals surface area contributed by atoms with Crippen LogP contribution in [-0.2, 0) is 10.2 Å². The minimum Gasteiger partial charge on any atom is -0.480 e. The predicted octanol–water partition coefficient (Wildman–Crippen LogP) is 3.59. The molecule has 1 saturated carbocycles. The number of aliphatic carboxylic acids is 1. The number of alkyl halides is 1. The molecule has 3 rings (SSSR count). The first kappa shape index (κ1) is 12.4. The van der Waals surface area contributed by atoms with Crippen LogP contribution in [0.1, 0.15) is 17.5 Å². The molecule has 2 nitrogen and oxygen atoms in total. The van der Waals surface area contributed by atoms with Crippen molar-refractivity contribution in [3.63, 3.8) is 0 Å². The van der Waals surface area contributed by atoms with Gasteiger partial charge in [-0.05, 0) is 17.5 Å². The highest BCUT2D eigenvalue weighted by atomic mass is 79.9. The molecule has 0 bridgehead atoms. The third kappa shape index (κ3) is 1.65. The zero-order valence-electron chi connectivity index (χ0n) is 10.2. The minimum absolute atomic E-state index is 0.471. The molecule has 0 radical (unpaired) electrons. The van der Waals surface area contributed by atoms with Gasteiger partial charge in [0, 0.05) is 5.41 Å². The van der Waals surface area contributed by atoms with Gasteiger partial charge in [-0.1, -0.05) is 76.6 Å². The van der Waals surface area contributed by atoms with Crippen molar-refractivity contribution in [2.24, 2.45) is 0 Å². The van der Waals surface area contributed by atoms with Crippen LogP contribution in [0.15, 0.2) is 60.7 Å². The molecule has 0 spiro atoms. The summed E-state index contributed by atoms with van der Waals surface area (Å²) in [6.07, 6.45) is 0.573. The van der Waals surface area contributed by atoms with Gasteiger partial charge in [0.25, 0.3) is 0 Å². The topological polar surface area (TPSA) is 37.3 Å². The summed E-state index contributed by atoms with van der Waals surface area (Å²) in [7, 11) is 0. The first-order valence-corrected chi connectivity index (χ1v) is 6.94. The number of carbonyl (C=O) groups is 1. The molecular weight excluding hydrogens is 304 g/mol. The van der Waals surface area contributed by atoms with E-state index in [0.717, 1.165) is 11.1 Å². The van der Waals surface area contributed by atoms with Crippen LogP contribution in [0.5, 0.6) is 0 Å². The molecule has 0 heterocycles. The third-order valence-electron chi connectivity index (χ3n) is 3.93. The first-order chi connectivity index (χ1) is 9.11. The van der Waals surface area contributed by atoms with E-state index in [9.17, 15) is 9.90 Å². The van der Waals surface area contributed by atoms with Crippen molar-refractivity contribution in [1.29, 1.82) is 0 Å². The van der Waals surface area contributed by atoms with Crippen LogP contribution in [0.2, 0.25) is 0 Å². The lowest BCUT2D eigenvalue weighted by Crippen LogP contribution is -2.27. The fourth-order valence-electron chi connectivity index (χ4n) is 2.85. The molecule has 0 unspecified atom stereocenters. The van der Waals surface area contributed by atoms with Gasteiger partial charge in [0.2, 0.25) is 0 Å². The van der Waals surface area contributed by atoms with E-state index in [4.69, 9.17) is 0 Å². The average molecular weight is 317 g/mol. The number of benzene rings is 2. The number of hydrogen-bond acceptors (Lipinski definition) is 1. The predicted molar refractivity (Wildman–Crippen MR) is 77.6 cm³/mol. The summed E-state index contributed by atoms with van der Waals surface area (Å²) in [5, 5.41) is 9.52. The normalized spacial score (nSPS) is 23.8. The highest BCUT2D eigenvalue weighted by Crippen LogP contribution is 2.66. The molecule has 96 valence electrons. The summed E-state index contributed by atoms with van der Waals surface area (Å²) >= 11 is 3.45. The van der Waals surface area contributed by atoms with Gasteiger partial charge in [0.05, 0.1) is 0 Å². The van der Waals surface area contributed by atoms with Crippen molar-refractivity contribution in [1.82, 2.24) is 0 Å². The zero-order valence-corrected chi connectivity index (χ0v) is 11.8. The maximum absolute atomic E-state index is 11.6. The van der Waals surface area contributed by atoms with Crippen molar-refractivity contribution >= 4 is 21.9 Å². The minimum atomic E-state index is -0.900. The summed E-state index contributed by atoms with van der Waals surface area (Å²) in [5.41, 5.74) is 1.61. The second-order valence-electron chi connectivity index (χ2n) is 4.92. The summed E-state index contributed by atoms with van der Waals surface area (Å²) in [5.74, 6) is -0.805. The molecule has 1 N–H and O–H groups in total. The largest absolute Gasteiger partial charge is 0.480 e. The summed E-state index contributed by atoms with van der Waals surface area (Å²) in [6, 6.07) is 19.7. The van der Waals surface area contributed by atoms with Crippen molar-refractivity contribution < 1.29 is 9.90 Å². The zero-order chi connectivity index (χ0) is 13.5. The molecule has 3 heteroatoms. The highest BCUT2D eigenvalue weighted by Gasteiger charge is 2.72. The number of hydrogen-bond donors (Lipinski definition) is 1. The van der Waals surface area contributed by atoms with Crippen LogP contribution in [-0.4, -0.2) is 15.4 Å². The number of rotatable bonds is 3. The van der Waals surface area contributed by atoms with Crippen LogP contribution >= 0.6 is 15.9 Å². The lowest BCUT2D eigenvalue weighted by Gasteiger charge is -2.20. The Hall–Kier alpha value is -1.61. The molecule has 1 atom stereocenters. The van der Waals surface area contributed by atoms with Crippen LogP contribution in [0.3, 0.4) is 0 Å². The van der Waals surface area contributed by atoms with Crippen molar-refractivity contribution in [2.45, 2.75) is 16.2 Å². The summed E-state index contributed by atoms with van der Waals surface area (Å²) in [4.78, 5) is 11.6. The third-order valence-corrected chi connectivity index (χ3v) is 5.23. The van der Waals surface area contributed by atoms with Crippen LogP contribution in [0.4, 0.5) is 0 Å². The molecule has 0 aromatic heterocycles. The van der Waals surface area contributed by atoms with Gasteiger partial charge in [-0.15, -0.1) is 0 Å². The maximum Gasteiger partial charge on any atom is 0.321 e. The monoisotopic (exact) mass is 316 g/mol. The van der Waals surface area contributed by atoms with Gasteiger partial charge in [-0.2, -0.15) is 0 Å². The number of carboxylic acid groups (broad SMARTS) is 1. The quantitative estimate of drug-likeness (QED) is 0.878. The Morgan fingerprint density at radius 3 is 1.68 bits per heavy atom. The SMILES string of the molecule is O=C(O)[C@@]1(Br)CC1(c1ccccc1)c1ccccc1. The Morgan fingerprint density at radius 1 is 0.947 bits per heavy atom. The number of halogens is 1. The standard InChI is InChI=1S/C16H13BrO2/c17-16(14(18)19)11-15(16,12-7-3-1-4-8-12)13-9-5-2-6-10-13/h1-10H,11H2,(H,18,19)/t16-/m0/s1. The molecule has 1 aliphatic carbocycles. The lowest BCUT2D eigenvalue weighted by molar-refractivity contribution is -0.137. The average Bonchev–Trinajstić information content (AvgIpc) is 3.10. The molecule has 0 aliphatic heterocycles. The Labute approximate surface area is 120 Å². The fraction of sp³-hybridized carbons (Fsp3) is 0.188. The van der Waals surface area contributed by atoms with Gasteiger partial charge in [-0.25, -0.2) is 0 Å². The highest BCUT2D eigenvalue weighted by molar-refractivity contribution is 9.10. The Balaban J connectivity index is 2.18. The van der Waals surface area contributed by atoms with Gasteiger partial charge in [0.1, 0.15) is 4.32 Å². The van der Waals surface area contributed by atoms with E-state index in [2.05, 4.69) is 15.9 Å². The van der Waals surface area contributed by atoms with Crippen LogP contribution < -0.4 is 0 Å². The van der Waals surface area contributed by atoms with Crippen LogP contribution in [0, 0.1) is 0 Å². The molecule has 0 saturated heterocycles. The Bertz CT molecular complexity index is 570. The second-order valence-corrected chi connectivity index (χ2v) is 6.27. The van der Waals surface area contributed by atoms with E-state index in [1.165, 1.54) is 0 Å². The van der Waals surface area contributed by atoms with E-state index in [1.54, 1.807) is 0 Å². The molecule has 1 fully saturated rings. The van der Waals surface area contributed by atoms with Crippen molar-refractivity contribution in [3.8, 4) is 0 Å². The fourth-order valence-corrected chi connectivity index (χ4v) is 3.73. The van der Waals surface area contributed by atoms with E-state index in [0.29, 0.717) is 6.42 Å². The number of carboxylic acids is 1. The molecule has 2 aromatic rings. The molecule has 2 aromatic carbocycles. The van der Waals surface area contributed by atoms with E-state index in [1.807, 2.05) is 60.7 Å². The molecule has 0 amide bonds. The second kappa shape index (κ2) is 4.20. The molecular formula is C16H13BrO2.